The van der Waals surface area contributed by atoms with E-state index < -0.39 is 0 Å². The molecule has 5 nitrogen and oxygen atoms in total. The minimum absolute atomic E-state index is 0.327. The predicted molar refractivity (Wildman–Crippen MR) is 92.3 cm³/mol. The Morgan fingerprint density at radius 2 is 2.08 bits per heavy atom. The number of pyridine rings is 1. The number of thioether (sulfide) groups is 1. The van der Waals surface area contributed by atoms with E-state index in [4.69, 9.17) is 4.74 Å². The minimum atomic E-state index is -0.386. The van der Waals surface area contributed by atoms with Crippen molar-refractivity contribution in [1.82, 2.24) is 14.8 Å². The summed E-state index contributed by atoms with van der Waals surface area (Å²) >= 11 is 1.71. The van der Waals surface area contributed by atoms with Gasteiger partial charge < -0.3 is 4.74 Å². The fourth-order valence-corrected chi connectivity index (χ4v) is 3.88. The molecule has 0 amide bonds. The fourth-order valence-electron chi connectivity index (χ4n) is 2.81. The third-order valence-corrected chi connectivity index (χ3v) is 4.93. The van der Waals surface area contributed by atoms with Gasteiger partial charge in [-0.25, -0.2) is 14.5 Å². The number of esters is 1. The molecule has 0 saturated heterocycles. The molecule has 0 spiro atoms. The zero-order chi connectivity index (χ0) is 16.5. The topological polar surface area (TPSA) is 57.0 Å². The summed E-state index contributed by atoms with van der Waals surface area (Å²) in [6.07, 6.45) is 1.72. The van der Waals surface area contributed by atoms with Gasteiger partial charge in [0.25, 0.3) is 0 Å². The largest absolute Gasteiger partial charge is 0.461 e. The summed E-state index contributed by atoms with van der Waals surface area (Å²) in [5.41, 5.74) is 3.27. The van der Waals surface area contributed by atoms with Crippen molar-refractivity contribution < 1.29 is 9.53 Å². The van der Waals surface area contributed by atoms with Crippen LogP contribution < -0.4 is 0 Å². The lowest BCUT2D eigenvalue weighted by Gasteiger charge is -2.17. The molecule has 1 aromatic carbocycles. The average Bonchev–Trinajstić information content (AvgIpc) is 3.03. The second kappa shape index (κ2) is 6.13. The van der Waals surface area contributed by atoms with Gasteiger partial charge in [-0.15, -0.1) is 11.8 Å². The lowest BCUT2D eigenvalue weighted by molar-refractivity contribution is 0.0518. The summed E-state index contributed by atoms with van der Waals surface area (Å²) in [5, 5.41) is 4.55. The molecule has 3 aromatic rings. The summed E-state index contributed by atoms with van der Waals surface area (Å²) in [7, 11) is 0. The van der Waals surface area contributed by atoms with Gasteiger partial charge in [-0.05, 0) is 25.1 Å². The van der Waals surface area contributed by atoms with Gasteiger partial charge in [0.1, 0.15) is 0 Å². The number of ether oxygens (including phenoxy) is 1. The molecule has 2 aromatic heterocycles. The van der Waals surface area contributed by atoms with Crippen LogP contribution in [0.3, 0.4) is 0 Å². The molecule has 120 valence electrons. The molecule has 4 rings (SSSR count). The number of benzene rings is 1. The Bertz CT molecular complexity index is 906. The molecule has 0 radical (unpaired) electrons. The Labute approximate surface area is 143 Å². The number of rotatable bonds is 3. The van der Waals surface area contributed by atoms with Crippen molar-refractivity contribution in [3.8, 4) is 17.1 Å². The molecule has 0 N–H and O–H groups in total. The van der Waals surface area contributed by atoms with Crippen LogP contribution in [0.5, 0.6) is 0 Å². The van der Waals surface area contributed by atoms with Crippen LogP contribution in [-0.2, 0) is 10.5 Å². The van der Waals surface area contributed by atoms with Gasteiger partial charge in [0.2, 0.25) is 0 Å². The third-order valence-electron chi connectivity index (χ3n) is 3.83. The van der Waals surface area contributed by atoms with Crippen molar-refractivity contribution in [3.05, 3.63) is 59.9 Å². The highest BCUT2D eigenvalue weighted by Crippen LogP contribution is 2.43. The number of hydrogen-bond acceptors (Lipinski definition) is 5. The molecular formula is C18H15N3O2S. The van der Waals surface area contributed by atoms with Crippen LogP contribution in [0, 0.1) is 0 Å². The zero-order valence-electron chi connectivity index (χ0n) is 13.1. The van der Waals surface area contributed by atoms with Gasteiger partial charge in [-0.2, -0.15) is 5.10 Å². The lowest BCUT2D eigenvalue weighted by Crippen LogP contribution is -2.08. The summed E-state index contributed by atoms with van der Waals surface area (Å²) < 4.78 is 6.94. The van der Waals surface area contributed by atoms with Crippen LogP contribution >= 0.6 is 11.8 Å². The minimum Gasteiger partial charge on any atom is -0.461 e. The lowest BCUT2D eigenvalue weighted by atomic mass is 10.1. The Kier molecular flexibility index (Phi) is 3.82. The third kappa shape index (κ3) is 2.39. The van der Waals surface area contributed by atoms with E-state index in [9.17, 15) is 4.79 Å². The molecule has 0 atom stereocenters. The van der Waals surface area contributed by atoms with Gasteiger partial charge in [-0.1, -0.05) is 24.3 Å². The molecular weight excluding hydrogens is 322 g/mol. The first kappa shape index (κ1) is 15.0. The molecule has 0 saturated carbocycles. The maximum atomic E-state index is 12.3. The van der Waals surface area contributed by atoms with Crippen LogP contribution in [0.25, 0.3) is 17.1 Å². The Hall–Kier alpha value is -2.60. The first-order chi connectivity index (χ1) is 11.8. The summed E-state index contributed by atoms with van der Waals surface area (Å²) in [6, 6.07) is 13.8. The van der Waals surface area contributed by atoms with E-state index in [2.05, 4.69) is 22.2 Å². The van der Waals surface area contributed by atoms with Gasteiger partial charge in [0.15, 0.2) is 11.5 Å². The van der Waals surface area contributed by atoms with Gasteiger partial charge in [0, 0.05) is 28.0 Å². The molecule has 6 heteroatoms. The second-order valence-corrected chi connectivity index (χ2v) is 6.30. The van der Waals surface area contributed by atoms with E-state index in [0.717, 1.165) is 16.8 Å². The van der Waals surface area contributed by atoms with Crippen molar-refractivity contribution in [3.63, 3.8) is 0 Å². The van der Waals surface area contributed by atoms with E-state index in [1.807, 2.05) is 30.3 Å². The first-order valence-corrected chi connectivity index (χ1v) is 8.70. The molecule has 1 aliphatic heterocycles. The molecule has 0 unspecified atom stereocenters. The normalized spacial score (nSPS) is 12.4. The molecule has 3 heterocycles. The number of carbonyl (C=O) groups is 1. The van der Waals surface area contributed by atoms with Crippen LogP contribution in [0.2, 0.25) is 0 Å². The summed E-state index contributed by atoms with van der Waals surface area (Å²) in [4.78, 5) is 17.9. The molecule has 0 fully saturated rings. The van der Waals surface area contributed by atoms with E-state index >= 15 is 0 Å². The van der Waals surface area contributed by atoms with Crippen LogP contribution in [0.1, 0.15) is 23.0 Å². The van der Waals surface area contributed by atoms with E-state index in [1.54, 1.807) is 29.6 Å². The fraction of sp³-hybridized carbons (Fsp3) is 0.167. The maximum absolute atomic E-state index is 12.3. The number of carbonyl (C=O) groups excluding carboxylic acids is 1. The maximum Gasteiger partial charge on any atom is 0.359 e. The SMILES string of the molecule is CCOC(=O)c1nn(-c2ccccn2)c2c1CSc1ccccc1-2. The van der Waals surface area contributed by atoms with Crippen molar-refractivity contribution in [2.24, 2.45) is 0 Å². The van der Waals surface area contributed by atoms with Crippen LogP contribution in [0.4, 0.5) is 0 Å². The van der Waals surface area contributed by atoms with Gasteiger partial charge in [0.05, 0.1) is 12.3 Å². The number of nitrogens with zero attached hydrogens (tertiary/aromatic N) is 3. The van der Waals surface area contributed by atoms with Gasteiger partial charge >= 0.3 is 5.97 Å². The Balaban J connectivity index is 1.97. The van der Waals surface area contributed by atoms with E-state index in [0.29, 0.717) is 23.9 Å². The number of fused-ring (bicyclic) bond motifs is 3. The highest BCUT2D eigenvalue weighted by molar-refractivity contribution is 7.98. The zero-order valence-corrected chi connectivity index (χ0v) is 13.9. The average molecular weight is 337 g/mol. The monoisotopic (exact) mass is 337 g/mol. The summed E-state index contributed by atoms with van der Waals surface area (Å²) in [6.45, 7) is 2.12. The van der Waals surface area contributed by atoms with E-state index in [1.165, 1.54) is 4.90 Å². The second-order valence-electron chi connectivity index (χ2n) is 5.28. The van der Waals surface area contributed by atoms with Crippen molar-refractivity contribution >= 4 is 17.7 Å². The Morgan fingerprint density at radius 1 is 1.25 bits per heavy atom. The highest BCUT2D eigenvalue weighted by atomic mass is 32.2. The smallest absolute Gasteiger partial charge is 0.359 e. The first-order valence-electron chi connectivity index (χ1n) is 7.72. The van der Waals surface area contributed by atoms with Gasteiger partial charge in [-0.3, -0.25) is 0 Å². The standard InChI is InChI=1S/C18H15N3O2S/c1-2-23-18(22)16-13-11-24-14-8-4-3-7-12(14)17(13)21(20-16)15-9-5-6-10-19-15/h3-10H,2,11H2,1H3. The van der Waals surface area contributed by atoms with Crippen molar-refractivity contribution in [2.45, 2.75) is 17.6 Å². The van der Waals surface area contributed by atoms with Crippen molar-refractivity contribution in [1.29, 1.82) is 0 Å². The number of aromatic nitrogens is 3. The van der Waals surface area contributed by atoms with E-state index in [-0.39, 0.29) is 5.97 Å². The predicted octanol–water partition coefficient (Wildman–Crippen LogP) is 3.72. The van der Waals surface area contributed by atoms with Crippen LogP contribution in [0.15, 0.2) is 53.6 Å². The molecule has 0 bridgehead atoms. The molecule has 24 heavy (non-hydrogen) atoms. The summed E-state index contributed by atoms with van der Waals surface area (Å²) in [5.74, 6) is 0.988. The highest BCUT2D eigenvalue weighted by Gasteiger charge is 2.30. The quantitative estimate of drug-likeness (QED) is 0.682. The van der Waals surface area contributed by atoms with Crippen molar-refractivity contribution in [2.75, 3.05) is 6.61 Å². The number of hydrogen-bond donors (Lipinski definition) is 0. The molecule has 1 aliphatic rings. The Morgan fingerprint density at radius 3 is 2.88 bits per heavy atom. The molecule has 0 aliphatic carbocycles. The van der Waals surface area contributed by atoms with Crippen LogP contribution in [-0.4, -0.2) is 27.3 Å².